The van der Waals surface area contributed by atoms with Gasteiger partial charge in [-0.2, -0.15) is 0 Å². The average Bonchev–Trinajstić information content (AvgIpc) is 2.08. The summed E-state index contributed by atoms with van der Waals surface area (Å²) in [6, 6.07) is 0. The van der Waals surface area contributed by atoms with Crippen LogP contribution in [-0.2, 0) is 9.53 Å². The Morgan fingerprint density at radius 2 is 2.42 bits per heavy atom. The first kappa shape index (κ1) is 10.9. The first-order chi connectivity index (χ1) is 5.81. The fourth-order valence-electron chi connectivity index (χ4n) is 0.822. The van der Waals surface area contributed by atoms with Gasteiger partial charge in [-0.15, -0.1) is 0 Å². The van der Waals surface area contributed by atoms with E-state index >= 15 is 0 Å². The van der Waals surface area contributed by atoms with Crippen molar-refractivity contribution in [1.82, 2.24) is 5.32 Å². The van der Waals surface area contributed by atoms with Crippen molar-refractivity contribution in [3.63, 3.8) is 0 Å². The molecule has 70 valence electrons. The second kappa shape index (κ2) is 8.04. The summed E-state index contributed by atoms with van der Waals surface area (Å²) in [5.74, 6) is 0.714. The van der Waals surface area contributed by atoms with E-state index in [1.54, 1.807) is 6.92 Å². The smallest absolute Gasteiger partial charge is 0.293 e. The van der Waals surface area contributed by atoms with Crippen LogP contribution in [0, 0.1) is 5.41 Å². The van der Waals surface area contributed by atoms with E-state index in [0.29, 0.717) is 18.9 Å². The van der Waals surface area contributed by atoms with Gasteiger partial charge in [0.05, 0.1) is 12.4 Å². The lowest BCUT2D eigenvalue weighted by atomic mass is 10.2. The molecular formula is C8H16N2O2. The van der Waals surface area contributed by atoms with Crippen LogP contribution in [0.3, 0.4) is 0 Å². The third-order valence-electron chi connectivity index (χ3n) is 1.43. The lowest BCUT2D eigenvalue weighted by Gasteiger charge is -2.12. The minimum Gasteiger partial charge on any atom is -0.468 e. The number of nitrogens with one attached hydrogen (secondary N) is 2. The number of ether oxygens (including phenoxy) is 1. The van der Waals surface area contributed by atoms with Crippen molar-refractivity contribution in [2.24, 2.45) is 0 Å². The number of hydrogen-bond donors (Lipinski definition) is 2. The molecule has 0 aromatic carbocycles. The molecule has 0 amide bonds. The Bertz CT molecular complexity index is 129. The minimum atomic E-state index is 0.431. The lowest BCUT2D eigenvalue weighted by Crippen LogP contribution is -2.27. The summed E-state index contributed by atoms with van der Waals surface area (Å²) in [6.45, 7) is 3.68. The second-order valence-corrected chi connectivity index (χ2v) is 2.41. The van der Waals surface area contributed by atoms with Gasteiger partial charge < -0.3 is 10.1 Å². The molecule has 0 aliphatic carbocycles. The molecule has 0 spiro atoms. The summed E-state index contributed by atoms with van der Waals surface area (Å²) in [5.41, 5.74) is 0. The molecule has 0 radical (unpaired) electrons. The van der Waals surface area contributed by atoms with Gasteiger partial charge in [-0.1, -0.05) is 0 Å². The maximum atomic E-state index is 9.18. The molecule has 2 N–H and O–H groups in total. The van der Waals surface area contributed by atoms with E-state index in [9.17, 15) is 4.79 Å². The van der Waals surface area contributed by atoms with Crippen LogP contribution in [0.25, 0.3) is 0 Å². The molecule has 1 aliphatic rings. The molecule has 0 aromatic rings. The lowest BCUT2D eigenvalue weighted by molar-refractivity contribution is -0.128. The Kier molecular flexibility index (Phi) is 7.33. The summed E-state index contributed by atoms with van der Waals surface area (Å²) in [4.78, 5) is 9.18. The summed E-state index contributed by atoms with van der Waals surface area (Å²) < 4.78 is 4.15. The normalized spacial score (nSPS) is 15.2. The zero-order valence-corrected chi connectivity index (χ0v) is 7.43. The van der Waals surface area contributed by atoms with E-state index in [-0.39, 0.29) is 0 Å². The number of amidine groups is 1. The van der Waals surface area contributed by atoms with Gasteiger partial charge in [0.15, 0.2) is 0 Å². The van der Waals surface area contributed by atoms with Crippen LogP contribution in [-0.4, -0.2) is 25.5 Å². The van der Waals surface area contributed by atoms with Crippen molar-refractivity contribution in [3.05, 3.63) is 0 Å². The van der Waals surface area contributed by atoms with E-state index in [1.807, 2.05) is 0 Å². The summed E-state index contributed by atoms with van der Waals surface area (Å²) >= 11 is 0. The zero-order chi connectivity index (χ0) is 9.23. The Labute approximate surface area is 72.8 Å². The summed E-state index contributed by atoms with van der Waals surface area (Å²) in [6.07, 6.45) is 3.40. The molecular weight excluding hydrogens is 156 g/mol. The van der Waals surface area contributed by atoms with Gasteiger partial charge in [0.1, 0.15) is 0 Å². The molecule has 0 saturated carbocycles. The van der Waals surface area contributed by atoms with Gasteiger partial charge in [0.2, 0.25) is 0 Å². The van der Waals surface area contributed by atoms with E-state index < -0.39 is 0 Å². The van der Waals surface area contributed by atoms with E-state index in [2.05, 4.69) is 10.1 Å². The Morgan fingerprint density at radius 3 is 2.58 bits per heavy atom. The summed E-state index contributed by atoms with van der Waals surface area (Å²) in [7, 11) is 0. The fourth-order valence-corrected chi connectivity index (χ4v) is 0.822. The van der Waals surface area contributed by atoms with Crippen LogP contribution in [0.5, 0.6) is 0 Å². The SMILES string of the molecule is CCOC=O.N=C1CCCCN1. The quantitative estimate of drug-likeness (QED) is 0.609. The van der Waals surface area contributed by atoms with Crippen molar-refractivity contribution >= 4 is 12.3 Å². The number of rotatable bonds is 2. The highest BCUT2D eigenvalue weighted by molar-refractivity contribution is 5.79. The Hall–Kier alpha value is -1.06. The molecule has 0 bridgehead atoms. The number of carbonyl (C=O) groups excluding carboxylic acids is 1. The van der Waals surface area contributed by atoms with Crippen molar-refractivity contribution in [1.29, 1.82) is 5.41 Å². The van der Waals surface area contributed by atoms with Gasteiger partial charge in [-0.05, 0) is 19.8 Å². The molecule has 4 nitrogen and oxygen atoms in total. The predicted octanol–water partition coefficient (Wildman–Crippen LogP) is 0.916. The molecule has 1 heterocycles. The molecule has 12 heavy (non-hydrogen) atoms. The highest BCUT2D eigenvalue weighted by atomic mass is 16.5. The topological polar surface area (TPSA) is 62.2 Å². The van der Waals surface area contributed by atoms with Crippen molar-refractivity contribution in [2.45, 2.75) is 26.2 Å². The summed E-state index contributed by atoms with van der Waals surface area (Å²) in [5, 5.41) is 10.0. The van der Waals surface area contributed by atoms with E-state index in [1.165, 1.54) is 12.8 Å². The van der Waals surface area contributed by atoms with Gasteiger partial charge >= 0.3 is 0 Å². The molecule has 4 heteroatoms. The van der Waals surface area contributed by atoms with Gasteiger partial charge in [0.25, 0.3) is 6.47 Å². The third-order valence-corrected chi connectivity index (χ3v) is 1.43. The van der Waals surface area contributed by atoms with Crippen LogP contribution in [0.15, 0.2) is 0 Å². The van der Waals surface area contributed by atoms with Crippen LogP contribution >= 0.6 is 0 Å². The molecule has 1 fully saturated rings. The van der Waals surface area contributed by atoms with Crippen molar-refractivity contribution < 1.29 is 9.53 Å². The largest absolute Gasteiger partial charge is 0.468 e. The van der Waals surface area contributed by atoms with E-state index in [0.717, 1.165) is 13.0 Å². The molecule has 1 saturated heterocycles. The third kappa shape index (κ3) is 7.05. The van der Waals surface area contributed by atoms with Gasteiger partial charge in [0, 0.05) is 13.0 Å². The number of carbonyl (C=O) groups is 1. The molecule has 0 unspecified atom stereocenters. The van der Waals surface area contributed by atoms with Gasteiger partial charge in [-0.3, -0.25) is 10.2 Å². The highest BCUT2D eigenvalue weighted by Crippen LogP contribution is 1.98. The first-order valence-corrected chi connectivity index (χ1v) is 4.17. The highest BCUT2D eigenvalue weighted by Gasteiger charge is 2.00. The predicted molar refractivity (Wildman–Crippen MR) is 47.3 cm³/mol. The van der Waals surface area contributed by atoms with Gasteiger partial charge in [-0.25, -0.2) is 0 Å². The van der Waals surface area contributed by atoms with E-state index in [4.69, 9.17) is 5.41 Å². The average molecular weight is 172 g/mol. The molecule has 1 aliphatic heterocycles. The van der Waals surface area contributed by atoms with Crippen LogP contribution in [0.1, 0.15) is 26.2 Å². The Morgan fingerprint density at radius 1 is 1.67 bits per heavy atom. The standard InChI is InChI=1S/C5H10N2.C3H6O2/c6-5-3-1-2-4-7-5;1-2-5-3-4/h1-4H2,(H2,6,7);3H,2H2,1H3. The monoisotopic (exact) mass is 172 g/mol. The maximum Gasteiger partial charge on any atom is 0.293 e. The maximum absolute atomic E-state index is 9.18. The van der Waals surface area contributed by atoms with Crippen molar-refractivity contribution in [3.8, 4) is 0 Å². The van der Waals surface area contributed by atoms with Crippen LogP contribution in [0.2, 0.25) is 0 Å². The number of hydrogen-bond acceptors (Lipinski definition) is 3. The zero-order valence-electron chi connectivity index (χ0n) is 7.43. The molecule has 1 rings (SSSR count). The first-order valence-electron chi connectivity index (χ1n) is 4.17. The number of piperidine rings is 1. The van der Waals surface area contributed by atoms with Crippen LogP contribution in [0.4, 0.5) is 0 Å². The molecule has 0 atom stereocenters. The molecule has 0 aromatic heterocycles. The van der Waals surface area contributed by atoms with Crippen LogP contribution < -0.4 is 5.32 Å². The second-order valence-electron chi connectivity index (χ2n) is 2.41. The minimum absolute atomic E-state index is 0.431. The Balaban J connectivity index is 0.000000217. The van der Waals surface area contributed by atoms with Crippen molar-refractivity contribution in [2.75, 3.05) is 13.2 Å². The fraction of sp³-hybridized carbons (Fsp3) is 0.750.